The first-order chi connectivity index (χ1) is 9.25. The minimum absolute atomic E-state index is 0.0112. The Labute approximate surface area is 111 Å². The minimum Gasteiger partial charge on any atom is -0.294 e. The molecule has 3 rings (SSSR count). The Morgan fingerprint density at radius 2 is 1.84 bits per heavy atom. The molecule has 2 heterocycles. The van der Waals surface area contributed by atoms with Crippen LogP contribution < -0.4 is 0 Å². The van der Waals surface area contributed by atoms with Crippen molar-refractivity contribution in [2.45, 2.75) is 6.92 Å². The quantitative estimate of drug-likeness (QED) is 0.652. The lowest BCUT2D eigenvalue weighted by Gasteiger charge is -2.08. The van der Waals surface area contributed by atoms with Crippen LogP contribution in [0.5, 0.6) is 0 Å². The molecule has 0 amide bonds. The van der Waals surface area contributed by atoms with Crippen molar-refractivity contribution in [3.05, 3.63) is 60.3 Å². The molecule has 1 aromatic carbocycles. The smallest absolute Gasteiger partial charge is 0.162 e. The second-order valence-corrected chi connectivity index (χ2v) is 4.36. The molecular weight excluding hydrogens is 236 g/mol. The SMILES string of the molecule is CC(=O)c1cc2cccnc2nc1-c1ccccc1. The van der Waals surface area contributed by atoms with E-state index in [1.807, 2.05) is 48.5 Å². The summed E-state index contributed by atoms with van der Waals surface area (Å²) < 4.78 is 0. The van der Waals surface area contributed by atoms with Gasteiger partial charge < -0.3 is 0 Å². The molecule has 0 aliphatic rings. The number of benzene rings is 1. The molecule has 3 nitrogen and oxygen atoms in total. The molecule has 3 heteroatoms. The van der Waals surface area contributed by atoms with E-state index in [0.717, 1.165) is 10.9 Å². The van der Waals surface area contributed by atoms with Gasteiger partial charge in [0.2, 0.25) is 0 Å². The summed E-state index contributed by atoms with van der Waals surface area (Å²) in [4.78, 5) is 20.6. The summed E-state index contributed by atoms with van der Waals surface area (Å²) in [5, 5.41) is 0.882. The van der Waals surface area contributed by atoms with Crippen LogP contribution in [-0.4, -0.2) is 15.8 Å². The Kier molecular flexibility index (Phi) is 2.80. The van der Waals surface area contributed by atoms with Gasteiger partial charge in [0.15, 0.2) is 11.4 Å². The fourth-order valence-electron chi connectivity index (χ4n) is 2.09. The maximum absolute atomic E-state index is 11.8. The Balaban J connectivity index is 2.33. The molecule has 0 fully saturated rings. The zero-order valence-electron chi connectivity index (χ0n) is 10.5. The number of aromatic nitrogens is 2. The third-order valence-corrected chi connectivity index (χ3v) is 3.02. The van der Waals surface area contributed by atoms with E-state index in [-0.39, 0.29) is 5.78 Å². The predicted molar refractivity (Wildman–Crippen MR) is 75.0 cm³/mol. The molecule has 0 radical (unpaired) electrons. The van der Waals surface area contributed by atoms with E-state index in [0.29, 0.717) is 16.9 Å². The number of hydrogen-bond donors (Lipinski definition) is 0. The highest BCUT2D eigenvalue weighted by molar-refractivity contribution is 6.02. The topological polar surface area (TPSA) is 42.9 Å². The number of Topliss-reactive ketones (excluding diaryl/α,β-unsaturated/α-hetero) is 1. The van der Waals surface area contributed by atoms with Crippen molar-refractivity contribution in [2.75, 3.05) is 0 Å². The number of ketones is 1. The molecule has 0 N–H and O–H groups in total. The van der Waals surface area contributed by atoms with E-state index in [9.17, 15) is 4.79 Å². The number of nitrogens with zero attached hydrogens (tertiary/aromatic N) is 2. The van der Waals surface area contributed by atoms with Gasteiger partial charge in [0, 0.05) is 22.7 Å². The Hall–Kier alpha value is -2.55. The highest BCUT2D eigenvalue weighted by atomic mass is 16.1. The van der Waals surface area contributed by atoms with Crippen LogP contribution in [0, 0.1) is 0 Å². The van der Waals surface area contributed by atoms with Gasteiger partial charge in [0.25, 0.3) is 0 Å². The lowest BCUT2D eigenvalue weighted by atomic mass is 10.0. The van der Waals surface area contributed by atoms with Gasteiger partial charge in [0.1, 0.15) is 0 Å². The van der Waals surface area contributed by atoms with Gasteiger partial charge in [-0.3, -0.25) is 4.79 Å². The number of carbonyl (C=O) groups is 1. The highest BCUT2D eigenvalue weighted by Crippen LogP contribution is 2.25. The molecule has 0 saturated carbocycles. The van der Waals surface area contributed by atoms with Gasteiger partial charge in [0.05, 0.1) is 5.69 Å². The lowest BCUT2D eigenvalue weighted by Crippen LogP contribution is -2.00. The summed E-state index contributed by atoms with van der Waals surface area (Å²) in [5.74, 6) is 0.0112. The van der Waals surface area contributed by atoms with Crippen molar-refractivity contribution in [2.24, 2.45) is 0 Å². The number of hydrogen-bond acceptors (Lipinski definition) is 3. The van der Waals surface area contributed by atoms with Crippen molar-refractivity contribution in [1.82, 2.24) is 9.97 Å². The molecule has 3 aromatic rings. The van der Waals surface area contributed by atoms with E-state index in [1.165, 1.54) is 0 Å². The van der Waals surface area contributed by atoms with E-state index >= 15 is 0 Å². The molecule has 2 aromatic heterocycles. The highest BCUT2D eigenvalue weighted by Gasteiger charge is 2.12. The van der Waals surface area contributed by atoms with Crippen LogP contribution in [0.25, 0.3) is 22.3 Å². The van der Waals surface area contributed by atoms with Gasteiger partial charge in [-0.1, -0.05) is 30.3 Å². The molecule has 0 bridgehead atoms. The van der Waals surface area contributed by atoms with Crippen molar-refractivity contribution < 1.29 is 4.79 Å². The number of rotatable bonds is 2. The molecule has 92 valence electrons. The van der Waals surface area contributed by atoms with Crippen LogP contribution in [0.3, 0.4) is 0 Å². The second-order valence-electron chi connectivity index (χ2n) is 4.36. The van der Waals surface area contributed by atoms with Crippen LogP contribution >= 0.6 is 0 Å². The lowest BCUT2D eigenvalue weighted by molar-refractivity contribution is 0.101. The van der Waals surface area contributed by atoms with Crippen molar-refractivity contribution in [3.63, 3.8) is 0 Å². The Bertz CT molecular complexity index is 751. The summed E-state index contributed by atoms with van der Waals surface area (Å²) in [6, 6.07) is 15.3. The molecule has 0 saturated heterocycles. The Morgan fingerprint density at radius 3 is 2.58 bits per heavy atom. The second kappa shape index (κ2) is 4.61. The van der Waals surface area contributed by atoms with E-state index < -0.39 is 0 Å². The third-order valence-electron chi connectivity index (χ3n) is 3.02. The number of pyridine rings is 2. The van der Waals surface area contributed by atoms with E-state index in [4.69, 9.17) is 0 Å². The molecule has 0 aliphatic heterocycles. The molecule has 0 atom stereocenters. The summed E-state index contributed by atoms with van der Waals surface area (Å²) in [6.45, 7) is 1.56. The largest absolute Gasteiger partial charge is 0.294 e. The average Bonchev–Trinajstić information content (AvgIpc) is 2.46. The molecule has 0 spiro atoms. The molecule has 19 heavy (non-hydrogen) atoms. The number of carbonyl (C=O) groups excluding carboxylic acids is 1. The molecular formula is C16H12N2O. The summed E-state index contributed by atoms with van der Waals surface area (Å²) in [5.41, 5.74) is 2.91. The maximum atomic E-state index is 11.8. The fraction of sp³-hybridized carbons (Fsp3) is 0.0625. The minimum atomic E-state index is 0.0112. The first kappa shape index (κ1) is 11.5. The first-order valence-electron chi connectivity index (χ1n) is 6.08. The van der Waals surface area contributed by atoms with Crippen LogP contribution in [-0.2, 0) is 0 Å². The molecule has 0 unspecified atom stereocenters. The Morgan fingerprint density at radius 1 is 1.05 bits per heavy atom. The third kappa shape index (κ3) is 2.10. The van der Waals surface area contributed by atoms with E-state index in [2.05, 4.69) is 9.97 Å². The average molecular weight is 248 g/mol. The predicted octanol–water partition coefficient (Wildman–Crippen LogP) is 3.50. The van der Waals surface area contributed by atoms with Crippen molar-refractivity contribution in [1.29, 1.82) is 0 Å². The molecule has 0 aliphatic carbocycles. The van der Waals surface area contributed by atoms with Crippen LogP contribution in [0.2, 0.25) is 0 Å². The summed E-state index contributed by atoms with van der Waals surface area (Å²) in [7, 11) is 0. The van der Waals surface area contributed by atoms with Crippen LogP contribution in [0.4, 0.5) is 0 Å². The van der Waals surface area contributed by atoms with Crippen LogP contribution in [0.1, 0.15) is 17.3 Å². The zero-order valence-corrected chi connectivity index (χ0v) is 10.5. The zero-order chi connectivity index (χ0) is 13.2. The summed E-state index contributed by atoms with van der Waals surface area (Å²) >= 11 is 0. The van der Waals surface area contributed by atoms with Crippen molar-refractivity contribution >= 4 is 16.8 Å². The fourth-order valence-corrected chi connectivity index (χ4v) is 2.09. The van der Waals surface area contributed by atoms with Gasteiger partial charge in [-0.2, -0.15) is 0 Å². The van der Waals surface area contributed by atoms with Gasteiger partial charge in [-0.25, -0.2) is 9.97 Å². The maximum Gasteiger partial charge on any atom is 0.162 e. The normalized spacial score (nSPS) is 10.6. The van der Waals surface area contributed by atoms with Crippen molar-refractivity contribution in [3.8, 4) is 11.3 Å². The summed E-state index contributed by atoms with van der Waals surface area (Å²) in [6.07, 6.45) is 1.71. The van der Waals surface area contributed by atoms with Gasteiger partial charge >= 0.3 is 0 Å². The number of fused-ring (bicyclic) bond motifs is 1. The van der Waals surface area contributed by atoms with Crippen LogP contribution in [0.15, 0.2) is 54.7 Å². The van der Waals surface area contributed by atoms with E-state index in [1.54, 1.807) is 13.1 Å². The van der Waals surface area contributed by atoms with Gasteiger partial charge in [-0.15, -0.1) is 0 Å². The van der Waals surface area contributed by atoms with Gasteiger partial charge in [-0.05, 0) is 25.1 Å². The standard InChI is InChI=1S/C16H12N2O/c1-11(19)14-10-13-8-5-9-17-16(13)18-15(14)12-6-3-2-4-7-12/h2-10H,1H3. The monoisotopic (exact) mass is 248 g/mol. The first-order valence-corrected chi connectivity index (χ1v) is 6.08.